The van der Waals surface area contributed by atoms with Gasteiger partial charge in [-0.05, 0) is 13.8 Å². The van der Waals surface area contributed by atoms with Crippen LogP contribution in [-0.4, -0.2) is 71.1 Å². The van der Waals surface area contributed by atoms with Crippen LogP contribution >= 0.6 is 11.6 Å². The highest BCUT2D eigenvalue weighted by Gasteiger charge is 2.34. The van der Waals surface area contributed by atoms with Gasteiger partial charge >= 0.3 is 0 Å². The summed E-state index contributed by atoms with van der Waals surface area (Å²) < 4.78 is 0. The fourth-order valence-corrected chi connectivity index (χ4v) is 3.03. The average Bonchev–Trinajstić information content (AvgIpc) is 2.40. The topological polar surface area (TPSA) is 35.5 Å². The highest BCUT2D eigenvalue weighted by Crippen LogP contribution is 2.22. The first kappa shape index (κ1) is 14.0. The van der Waals surface area contributed by atoms with Gasteiger partial charge in [0.05, 0.1) is 17.4 Å². The van der Waals surface area contributed by atoms with Gasteiger partial charge in [-0.3, -0.25) is 9.80 Å². The minimum atomic E-state index is 0.593. The van der Waals surface area contributed by atoms with Crippen molar-refractivity contribution in [3.8, 4) is 0 Å². The summed E-state index contributed by atoms with van der Waals surface area (Å²) in [6, 6.07) is 1.32. The predicted octanol–water partition coefficient (Wildman–Crippen LogP) is 1.34. The smallest absolute Gasteiger partial charge is 0.225 e. The molecule has 3 heterocycles. The molecule has 2 aliphatic heterocycles. The highest BCUT2D eigenvalue weighted by molar-refractivity contribution is 6.30. The number of halogens is 1. The van der Waals surface area contributed by atoms with Crippen LogP contribution in [0.5, 0.6) is 0 Å². The Balaban J connectivity index is 1.48. The third-order valence-electron chi connectivity index (χ3n) is 4.35. The average molecular weight is 296 g/mol. The Morgan fingerprint density at radius 2 is 1.70 bits per heavy atom. The first-order valence-corrected chi connectivity index (χ1v) is 7.72. The van der Waals surface area contributed by atoms with Gasteiger partial charge in [-0.15, -0.1) is 0 Å². The van der Waals surface area contributed by atoms with Gasteiger partial charge in [0.1, 0.15) is 0 Å². The van der Waals surface area contributed by atoms with E-state index in [1.165, 1.54) is 26.2 Å². The van der Waals surface area contributed by atoms with Crippen LogP contribution < -0.4 is 4.90 Å². The fraction of sp³-hybridized carbons (Fsp3) is 0.714. The number of hydrogen-bond acceptors (Lipinski definition) is 5. The summed E-state index contributed by atoms with van der Waals surface area (Å²) in [4.78, 5) is 15.9. The zero-order chi connectivity index (χ0) is 14.1. The molecule has 1 aromatic rings. The van der Waals surface area contributed by atoms with Gasteiger partial charge in [-0.1, -0.05) is 11.6 Å². The van der Waals surface area contributed by atoms with Crippen LogP contribution in [0.2, 0.25) is 5.02 Å². The second kappa shape index (κ2) is 5.84. The monoisotopic (exact) mass is 295 g/mol. The Morgan fingerprint density at radius 3 is 2.25 bits per heavy atom. The van der Waals surface area contributed by atoms with Crippen molar-refractivity contribution in [2.75, 3.05) is 44.2 Å². The maximum atomic E-state index is 5.81. The van der Waals surface area contributed by atoms with E-state index < -0.39 is 0 Å². The summed E-state index contributed by atoms with van der Waals surface area (Å²) in [7, 11) is 0. The Hall–Kier alpha value is -0.910. The maximum absolute atomic E-state index is 5.81. The summed E-state index contributed by atoms with van der Waals surface area (Å²) in [6.45, 7) is 11.3. The van der Waals surface area contributed by atoms with Crippen LogP contribution in [0.25, 0.3) is 0 Å². The lowest BCUT2D eigenvalue weighted by Gasteiger charge is -2.48. The molecule has 1 aromatic heterocycles. The zero-order valence-corrected chi connectivity index (χ0v) is 12.9. The van der Waals surface area contributed by atoms with Crippen molar-refractivity contribution in [1.29, 1.82) is 0 Å². The van der Waals surface area contributed by atoms with E-state index >= 15 is 0 Å². The molecule has 6 heteroatoms. The molecule has 2 saturated heterocycles. The van der Waals surface area contributed by atoms with E-state index in [9.17, 15) is 0 Å². The zero-order valence-electron chi connectivity index (χ0n) is 12.2. The third-order valence-corrected chi connectivity index (χ3v) is 4.54. The molecular weight excluding hydrogens is 274 g/mol. The lowest BCUT2D eigenvalue weighted by atomic mass is 10.1. The van der Waals surface area contributed by atoms with Crippen molar-refractivity contribution in [2.24, 2.45) is 0 Å². The second-order valence-corrected chi connectivity index (χ2v) is 6.36. The molecule has 5 nitrogen and oxygen atoms in total. The Bertz CT molecular complexity index is 435. The number of nitrogens with zero attached hydrogens (tertiary/aromatic N) is 5. The van der Waals surface area contributed by atoms with Crippen LogP contribution in [0.1, 0.15) is 13.8 Å². The second-order valence-electron chi connectivity index (χ2n) is 5.93. The summed E-state index contributed by atoms with van der Waals surface area (Å²) in [5, 5.41) is 0.593. The fourth-order valence-electron chi connectivity index (χ4n) is 2.94. The van der Waals surface area contributed by atoms with Gasteiger partial charge in [-0.25, -0.2) is 9.97 Å². The van der Waals surface area contributed by atoms with E-state index in [2.05, 4.69) is 38.5 Å². The molecule has 2 fully saturated rings. The van der Waals surface area contributed by atoms with Gasteiger partial charge in [0.2, 0.25) is 5.95 Å². The van der Waals surface area contributed by atoms with E-state index in [-0.39, 0.29) is 0 Å². The molecule has 0 aromatic carbocycles. The summed E-state index contributed by atoms with van der Waals surface area (Å²) in [5.74, 6) is 0.798. The summed E-state index contributed by atoms with van der Waals surface area (Å²) >= 11 is 5.81. The number of rotatable bonds is 3. The van der Waals surface area contributed by atoms with Crippen molar-refractivity contribution in [3.05, 3.63) is 17.4 Å². The van der Waals surface area contributed by atoms with E-state index in [0.717, 1.165) is 19.0 Å². The lowest BCUT2D eigenvalue weighted by Crippen LogP contribution is -2.63. The van der Waals surface area contributed by atoms with E-state index in [1.54, 1.807) is 12.4 Å². The van der Waals surface area contributed by atoms with E-state index in [4.69, 9.17) is 11.6 Å². The van der Waals surface area contributed by atoms with Crippen molar-refractivity contribution in [3.63, 3.8) is 0 Å². The molecule has 3 rings (SSSR count). The molecule has 0 aliphatic carbocycles. The molecule has 0 radical (unpaired) electrons. The van der Waals surface area contributed by atoms with Gasteiger partial charge in [0.25, 0.3) is 0 Å². The quantitative estimate of drug-likeness (QED) is 0.841. The van der Waals surface area contributed by atoms with Gasteiger partial charge in [0, 0.05) is 51.4 Å². The van der Waals surface area contributed by atoms with Crippen LogP contribution in [-0.2, 0) is 0 Å². The Morgan fingerprint density at radius 1 is 1.10 bits per heavy atom. The molecular formula is C14H22ClN5. The standard InChI is InChI=1S/C14H22ClN5/c1-11(2)18-3-5-19(6-4-18)13-9-20(10-13)14-16-7-12(15)8-17-14/h7-8,11,13H,3-6,9-10H2,1-2H3. The molecule has 0 atom stereocenters. The normalized spacial score (nSPS) is 22.3. The van der Waals surface area contributed by atoms with E-state index in [0.29, 0.717) is 17.1 Å². The van der Waals surface area contributed by atoms with Gasteiger partial charge < -0.3 is 4.90 Å². The number of aromatic nitrogens is 2. The van der Waals surface area contributed by atoms with Crippen LogP contribution in [0, 0.1) is 0 Å². The summed E-state index contributed by atoms with van der Waals surface area (Å²) in [5.41, 5.74) is 0. The molecule has 2 aliphatic rings. The van der Waals surface area contributed by atoms with E-state index in [1.807, 2.05) is 0 Å². The van der Waals surface area contributed by atoms with Crippen LogP contribution in [0.4, 0.5) is 5.95 Å². The van der Waals surface area contributed by atoms with Crippen molar-refractivity contribution in [2.45, 2.75) is 25.9 Å². The first-order chi connectivity index (χ1) is 9.63. The maximum Gasteiger partial charge on any atom is 0.225 e. The van der Waals surface area contributed by atoms with Crippen LogP contribution in [0.3, 0.4) is 0 Å². The molecule has 0 unspecified atom stereocenters. The largest absolute Gasteiger partial charge is 0.338 e. The summed E-state index contributed by atoms with van der Waals surface area (Å²) in [6.07, 6.45) is 3.33. The Kier molecular flexibility index (Phi) is 4.10. The number of piperazine rings is 1. The molecule has 20 heavy (non-hydrogen) atoms. The van der Waals surface area contributed by atoms with Gasteiger partial charge in [-0.2, -0.15) is 0 Å². The molecule has 0 N–H and O–H groups in total. The SMILES string of the molecule is CC(C)N1CCN(C2CN(c3ncc(Cl)cn3)C2)CC1. The third kappa shape index (κ3) is 2.90. The van der Waals surface area contributed by atoms with Crippen molar-refractivity contribution < 1.29 is 0 Å². The lowest BCUT2D eigenvalue weighted by molar-refractivity contribution is 0.0674. The predicted molar refractivity (Wildman–Crippen MR) is 81.3 cm³/mol. The van der Waals surface area contributed by atoms with Crippen LogP contribution in [0.15, 0.2) is 12.4 Å². The number of anilines is 1. The molecule has 0 bridgehead atoms. The minimum absolute atomic E-state index is 0.593. The number of hydrogen-bond donors (Lipinski definition) is 0. The highest BCUT2D eigenvalue weighted by atomic mass is 35.5. The molecule has 0 saturated carbocycles. The van der Waals surface area contributed by atoms with Crippen molar-refractivity contribution in [1.82, 2.24) is 19.8 Å². The Labute approximate surface area is 125 Å². The molecule has 0 amide bonds. The first-order valence-electron chi connectivity index (χ1n) is 7.34. The molecule has 110 valence electrons. The van der Waals surface area contributed by atoms with Crippen molar-refractivity contribution >= 4 is 17.5 Å². The minimum Gasteiger partial charge on any atom is -0.338 e. The molecule has 0 spiro atoms. The van der Waals surface area contributed by atoms with Gasteiger partial charge in [0.15, 0.2) is 0 Å².